The molecule has 0 saturated carbocycles. The summed E-state index contributed by atoms with van der Waals surface area (Å²) >= 11 is 6.91. The molecule has 0 bridgehead atoms. The van der Waals surface area contributed by atoms with Gasteiger partial charge < -0.3 is 21.1 Å². The molecule has 2 aliphatic heterocycles. The molecule has 11 nitrogen and oxygen atoms in total. The second-order valence-corrected chi connectivity index (χ2v) is 11.2. The van der Waals surface area contributed by atoms with Crippen molar-refractivity contribution in [2.75, 3.05) is 38.0 Å². The van der Waals surface area contributed by atoms with Crippen molar-refractivity contribution in [2.45, 2.75) is 38.7 Å². The van der Waals surface area contributed by atoms with Crippen LogP contribution < -0.4 is 16.2 Å². The van der Waals surface area contributed by atoms with E-state index in [-0.39, 0.29) is 33.9 Å². The molecule has 43 heavy (non-hydrogen) atoms. The number of rotatable bonds is 8. The average molecular weight is 633 g/mol. The van der Waals surface area contributed by atoms with Crippen LogP contribution in [0, 0.1) is 0 Å². The van der Waals surface area contributed by atoms with Crippen LogP contribution in [0.15, 0.2) is 52.4 Å². The van der Waals surface area contributed by atoms with Crippen molar-refractivity contribution >= 4 is 58.4 Å². The molecule has 0 spiro atoms. The first-order chi connectivity index (χ1) is 20.5. The highest BCUT2D eigenvalue weighted by Gasteiger charge is 2.32. The Labute approximate surface area is 256 Å². The Morgan fingerprint density at radius 1 is 1.30 bits per heavy atom. The summed E-state index contributed by atoms with van der Waals surface area (Å²) in [7, 11) is 0. The Morgan fingerprint density at radius 3 is 2.74 bits per heavy atom. The fourth-order valence-corrected chi connectivity index (χ4v) is 5.42. The third-order valence-corrected chi connectivity index (χ3v) is 8.32. The average Bonchev–Trinajstić information content (AvgIpc) is 3.49. The zero-order chi connectivity index (χ0) is 31.1. The summed E-state index contributed by atoms with van der Waals surface area (Å²) in [5.74, 6) is -4.51. The highest BCUT2D eigenvalue weighted by atomic mass is 35.5. The predicted octanol–water partition coefficient (Wildman–Crippen LogP) is 2.93. The van der Waals surface area contributed by atoms with Crippen LogP contribution in [-0.4, -0.2) is 81.8 Å². The van der Waals surface area contributed by atoms with Crippen LogP contribution in [0.25, 0.3) is 0 Å². The van der Waals surface area contributed by atoms with E-state index in [0.717, 1.165) is 29.3 Å². The van der Waals surface area contributed by atoms with Crippen molar-refractivity contribution in [2.24, 2.45) is 15.7 Å². The van der Waals surface area contributed by atoms with Gasteiger partial charge >= 0.3 is 0 Å². The Bertz CT molecular complexity index is 1530. The largest absolute Gasteiger partial charge is 0.857 e. The lowest BCUT2D eigenvalue weighted by Crippen LogP contribution is -2.48. The zero-order valence-corrected chi connectivity index (χ0v) is 25.2. The second kappa shape index (κ2) is 14.1. The molecule has 1 fully saturated rings. The molecule has 1 atom stereocenters. The summed E-state index contributed by atoms with van der Waals surface area (Å²) in [4.78, 5) is 43.3. The van der Waals surface area contributed by atoms with Crippen molar-refractivity contribution in [3.8, 4) is 0 Å². The molecule has 0 radical (unpaired) electrons. The fraction of sp³-hybridized carbons (Fsp3) is 0.393. The van der Waals surface area contributed by atoms with Crippen molar-refractivity contribution in [3.63, 3.8) is 0 Å². The Kier molecular flexibility index (Phi) is 10.5. The highest BCUT2D eigenvalue weighted by Crippen LogP contribution is 2.37. The van der Waals surface area contributed by atoms with E-state index < -0.39 is 35.8 Å². The first kappa shape index (κ1) is 32.0. The van der Waals surface area contributed by atoms with E-state index in [1.54, 1.807) is 24.0 Å². The predicted molar refractivity (Wildman–Crippen MR) is 160 cm³/mol. The summed E-state index contributed by atoms with van der Waals surface area (Å²) in [5.41, 5.74) is 6.08. The van der Waals surface area contributed by atoms with E-state index in [0.29, 0.717) is 37.6 Å². The molecular formula is C28H31ClF2N8O3S. The quantitative estimate of drug-likeness (QED) is 0.259. The van der Waals surface area contributed by atoms with Gasteiger partial charge in [0.05, 0.1) is 49.0 Å². The fourth-order valence-electron chi connectivity index (χ4n) is 4.38. The normalized spacial score (nSPS) is 16.9. The SMILES string of the molecule is CCC(F)(F)c1cc(NC(=O)c2cnc(C(C)N=C([O-])C3=CC(=[N+]4CCN(C(=O)CN)CC4)CC=CC=N3)s2)ncc1Cl. The van der Waals surface area contributed by atoms with Crippen LogP contribution in [-0.2, 0) is 10.7 Å². The molecule has 4 rings (SSSR count). The van der Waals surface area contributed by atoms with Crippen LogP contribution >= 0.6 is 22.9 Å². The first-order valence-electron chi connectivity index (χ1n) is 13.6. The molecule has 0 aromatic carbocycles. The minimum Gasteiger partial charge on any atom is -0.857 e. The van der Waals surface area contributed by atoms with Gasteiger partial charge in [-0.3, -0.25) is 19.6 Å². The molecule has 0 aliphatic carbocycles. The van der Waals surface area contributed by atoms with E-state index >= 15 is 0 Å². The zero-order valence-electron chi connectivity index (χ0n) is 23.6. The topological polar surface area (TPSA) is 152 Å². The van der Waals surface area contributed by atoms with Crippen LogP contribution in [0.1, 0.15) is 53.0 Å². The van der Waals surface area contributed by atoms with Gasteiger partial charge in [-0.2, -0.15) is 0 Å². The number of hydrogen-bond donors (Lipinski definition) is 2. The number of alkyl halides is 2. The molecule has 1 saturated heterocycles. The molecule has 228 valence electrons. The van der Waals surface area contributed by atoms with Gasteiger partial charge in [-0.15, -0.1) is 11.3 Å². The Hall–Kier alpha value is -3.88. The molecule has 2 amide bonds. The maximum Gasteiger partial charge on any atom is 0.274 e. The maximum atomic E-state index is 14.2. The number of nitrogens with zero attached hydrogens (tertiary/aromatic N) is 6. The lowest BCUT2D eigenvalue weighted by atomic mass is 10.1. The number of aromatic nitrogens is 2. The summed E-state index contributed by atoms with van der Waals surface area (Å²) < 4.78 is 30.6. The lowest BCUT2D eigenvalue weighted by molar-refractivity contribution is -0.538. The van der Waals surface area contributed by atoms with Gasteiger partial charge in [0.15, 0.2) is 18.8 Å². The number of hydrogen-bond acceptors (Lipinski definition) is 9. The molecule has 3 N–H and O–H groups in total. The van der Waals surface area contributed by atoms with E-state index in [4.69, 9.17) is 17.3 Å². The summed E-state index contributed by atoms with van der Waals surface area (Å²) in [5, 5.41) is 15.8. The van der Waals surface area contributed by atoms with Gasteiger partial charge in [-0.25, -0.2) is 23.3 Å². The number of halogens is 3. The van der Waals surface area contributed by atoms with E-state index in [1.807, 2.05) is 6.08 Å². The number of allylic oxidation sites excluding steroid dienone is 3. The number of carbonyl (C=O) groups excluding carboxylic acids is 2. The number of nitrogens with two attached hydrogens (primary N) is 1. The van der Waals surface area contributed by atoms with Crippen molar-refractivity contribution < 1.29 is 28.1 Å². The number of nitrogens with one attached hydrogen (secondary N) is 1. The number of anilines is 1. The molecule has 2 aliphatic rings. The summed E-state index contributed by atoms with van der Waals surface area (Å²) in [6.07, 6.45) is 9.42. The lowest BCUT2D eigenvalue weighted by Gasteiger charge is -2.26. The first-order valence-corrected chi connectivity index (χ1v) is 14.8. The number of pyridine rings is 1. The van der Waals surface area contributed by atoms with Gasteiger partial charge in [0, 0.05) is 36.4 Å². The molecule has 1 unspecified atom stereocenters. The number of carbonyl (C=O) groups is 2. The minimum atomic E-state index is -3.18. The van der Waals surface area contributed by atoms with Crippen LogP contribution in [0.3, 0.4) is 0 Å². The Balaban J connectivity index is 1.48. The van der Waals surface area contributed by atoms with Gasteiger partial charge in [0.2, 0.25) is 5.91 Å². The molecule has 4 heterocycles. The number of amides is 2. The molecule has 2 aromatic heterocycles. The second-order valence-electron chi connectivity index (χ2n) is 9.74. The van der Waals surface area contributed by atoms with Crippen LogP contribution in [0.5, 0.6) is 0 Å². The standard InChI is InChI=1S/C28H31ClF2N8O3S/c1-3-28(30,31)19-13-23(34-15-20(19)29)37-26(42)22-16-35-27(43-22)17(2)36-25(41)21-12-18(6-4-5-7-33-21)38-8-10-39(11-9-38)24(40)14-32/h4-5,7,12-13,15-17H,3,6,8-11,14,32H2,1-2H3,(H-,34,36,37,41,42). The van der Waals surface area contributed by atoms with Gasteiger partial charge in [-0.1, -0.05) is 24.6 Å². The number of piperazine rings is 1. The third-order valence-electron chi connectivity index (χ3n) is 6.85. The highest BCUT2D eigenvalue weighted by molar-refractivity contribution is 7.13. The van der Waals surface area contributed by atoms with Gasteiger partial charge in [-0.05, 0) is 19.1 Å². The van der Waals surface area contributed by atoms with Crippen LogP contribution in [0.2, 0.25) is 5.02 Å². The maximum absolute atomic E-state index is 14.2. The summed E-state index contributed by atoms with van der Waals surface area (Å²) in [6.45, 7) is 5.23. The molecular weight excluding hydrogens is 602 g/mol. The van der Waals surface area contributed by atoms with E-state index in [9.17, 15) is 23.5 Å². The monoisotopic (exact) mass is 632 g/mol. The molecule has 15 heteroatoms. The van der Waals surface area contributed by atoms with Gasteiger partial charge in [0.25, 0.3) is 11.8 Å². The molecule has 2 aromatic rings. The van der Waals surface area contributed by atoms with Crippen molar-refractivity contribution in [1.82, 2.24) is 14.9 Å². The Morgan fingerprint density at radius 2 is 2.05 bits per heavy atom. The van der Waals surface area contributed by atoms with E-state index in [1.165, 1.54) is 19.3 Å². The minimum absolute atomic E-state index is 0.0293. The van der Waals surface area contributed by atoms with E-state index in [2.05, 4.69) is 29.8 Å². The van der Waals surface area contributed by atoms with Gasteiger partial charge in [0.1, 0.15) is 15.7 Å². The third kappa shape index (κ3) is 7.94. The summed E-state index contributed by atoms with van der Waals surface area (Å²) in [6, 6.07) is 0.361. The smallest absolute Gasteiger partial charge is 0.274 e. The number of thiazole rings is 1. The van der Waals surface area contributed by atoms with Crippen LogP contribution in [0.4, 0.5) is 14.6 Å². The number of aliphatic imine (C=N–C) groups is 2. The van der Waals surface area contributed by atoms with Crippen molar-refractivity contribution in [1.29, 1.82) is 0 Å². The van der Waals surface area contributed by atoms with Crippen molar-refractivity contribution in [3.05, 3.63) is 62.9 Å².